The summed E-state index contributed by atoms with van der Waals surface area (Å²) < 4.78 is 0. The fourth-order valence-corrected chi connectivity index (χ4v) is 3.14. The normalized spacial score (nSPS) is 22.5. The molecule has 2 rings (SSSR count). The Hall–Kier alpha value is -0.820. The predicted molar refractivity (Wildman–Crippen MR) is 83.4 cm³/mol. The molecule has 19 heavy (non-hydrogen) atoms. The summed E-state index contributed by atoms with van der Waals surface area (Å²) in [4.78, 5) is 0. The van der Waals surface area contributed by atoms with Crippen molar-refractivity contribution in [2.45, 2.75) is 59.4 Å². The number of benzene rings is 1. The highest BCUT2D eigenvalue weighted by molar-refractivity contribution is 5.35. The zero-order chi connectivity index (χ0) is 13.9. The van der Waals surface area contributed by atoms with E-state index in [0.717, 1.165) is 12.5 Å². The lowest BCUT2D eigenvalue weighted by molar-refractivity contribution is 0.287. The van der Waals surface area contributed by atoms with Gasteiger partial charge in [-0.1, -0.05) is 52.0 Å². The van der Waals surface area contributed by atoms with E-state index in [1.807, 2.05) is 0 Å². The Kier molecular flexibility index (Phi) is 4.67. The van der Waals surface area contributed by atoms with Crippen molar-refractivity contribution < 1.29 is 0 Å². The van der Waals surface area contributed by atoms with Crippen LogP contribution in [-0.4, -0.2) is 6.54 Å². The fraction of sp³-hybridized carbons (Fsp3) is 0.667. The number of hydrogen-bond acceptors (Lipinski definition) is 1. The average Bonchev–Trinajstić information content (AvgIpc) is 2.71. The van der Waals surface area contributed by atoms with Crippen molar-refractivity contribution in [3.63, 3.8) is 0 Å². The third kappa shape index (κ3) is 3.82. The van der Waals surface area contributed by atoms with E-state index in [0.29, 0.717) is 11.5 Å². The molecule has 1 N–H and O–H groups in total. The van der Waals surface area contributed by atoms with E-state index in [4.69, 9.17) is 0 Å². The summed E-state index contributed by atoms with van der Waals surface area (Å²) in [5.41, 5.74) is 3.56. The highest BCUT2D eigenvalue weighted by Gasteiger charge is 2.32. The minimum Gasteiger partial charge on any atom is -0.310 e. The molecule has 0 aliphatic heterocycles. The van der Waals surface area contributed by atoms with Gasteiger partial charge in [0.05, 0.1) is 0 Å². The van der Waals surface area contributed by atoms with E-state index in [2.05, 4.69) is 57.3 Å². The third-order valence-corrected chi connectivity index (χ3v) is 4.22. The van der Waals surface area contributed by atoms with Gasteiger partial charge in [-0.05, 0) is 54.7 Å². The topological polar surface area (TPSA) is 12.0 Å². The van der Waals surface area contributed by atoms with Gasteiger partial charge in [0, 0.05) is 6.04 Å². The van der Waals surface area contributed by atoms with E-state index >= 15 is 0 Å². The third-order valence-electron chi connectivity index (χ3n) is 4.22. The predicted octanol–water partition coefficient (Wildman–Crippen LogP) is 4.73. The van der Waals surface area contributed by atoms with Crippen LogP contribution in [0.4, 0.5) is 0 Å². The summed E-state index contributed by atoms with van der Waals surface area (Å²) in [7, 11) is 0. The first-order chi connectivity index (χ1) is 9.01. The first-order valence-corrected chi connectivity index (χ1v) is 7.82. The first kappa shape index (κ1) is 14.6. The summed E-state index contributed by atoms with van der Waals surface area (Å²) in [5, 5.41) is 3.77. The van der Waals surface area contributed by atoms with Crippen LogP contribution in [0, 0.1) is 11.3 Å². The summed E-state index contributed by atoms with van der Waals surface area (Å²) in [5.74, 6) is 0.781. The molecule has 0 fully saturated rings. The zero-order valence-corrected chi connectivity index (χ0v) is 13.0. The Morgan fingerprint density at radius 2 is 1.95 bits per heavy atom. The molecule has 0 saturated heterocycles. The largest absolute Gasteiger partial charge is 0.310 e. The molecule has 0 amide bonds. The first-order valence-electron chi connectivity index (χ1n) is 7.82. The smallest absolute Gasteiger partial charge is 0.0354 e. The average molecular weight is 259 g/mol. The lowest BCUT2D eigenvalue weighted by Gasteiger charge is -2.25. The van der Waals surface area contributed by atoms with E-state index in [1.54, 1.807) is 11.1 Å². The lowest BCUT2D eigenvalue weighted by atomic mass is 9.84. The maximum Gasteiger partial charge on any atom is 0.0354 e. The maximum atomic E-state index is 3.77. The monoisotopic (exact) mass is 259 g/mol. The summed E-state index contributed by atoms with van der Waals surface area (Å²) in [6.07, 6.45) is 5.12. The second kappa shape index (κ2) is 6.09. The Balaban J connectivity index is 2.07. The van der Waals surface area contributed by atoms with Crippen LogP contribution in [0.15, 0.2) is 24.3 Å². The van der Waals surface area contributed by atoms with Crippen LogP contribution in [0.25, 0.3) is 0 Å². The zero-order valence-electron chi connectivity index (χ0n) is 13.0. The van der Waals surface area contributed by atoms with Crippen LogP contribution < -0.4 is 5.32 Å². The summed E-state index contributed by atoms with van der Waals surface area (Å²) >= 11 is 0. The molecule has 1 heteroatoms. The number of nitrogens with one attached hydrogen (secondary N) is 1. The van der Waals surface area contributed by atoms with Gasteiger partial charge < -0.3 is 5.32 Å². The van der Waals surface area contributed by atoms with E-state index in [1.165, 1.54) is 25.7 Å². The molecule has 0 bridgehead atoms. The van der Waals surface area contributed by atoms with Crippen LogP contribution in [0.1, 0.15) is 64.1 Å². The quantitative estimate of drug-likeness (QED) is 0.806. The van der Waals surface area contributed by atoms with Crippen LogP contribution >= 0.6 is 0 Å². The van der Waals surface area contributed by atoms with E-state index < -0.39 is 0 Å². The highest BCUT2D eigenvalue weighted by Crippen LogP contribution is 2.40. The molecule has 1 aliphatic rings. The van der Waals surface area contributed by atoms with Gasteiger partial charge in [-0.3, -0.25) is 0 Å². The summed E-state index contributed by atoms with van der Waals surface area (Å²) in [6, 6.07) is 9.58. The van der Waals surface area contributed by atoms with Crippen molar-refractivity contribution in [3.8, 4) is 0 Å². The molecule has 1 aliphatic carbocycles. The second-order valence-electron chi connectivity index (χ2n) is 7.19. The second-order valence-corrected chi connectivity index (χ2v) is 7.19. The Bertz CT molecular complexity index is 402. The molecule has 1 nitrogen and oxygen atoms in total. The number of rotatable bonds is 5. The minimum absolute atomic E-state index is 0.448. The van der Waals surface area contributed by atoms with E-state index in [9.17, 15) is 0 Å². The molecule has 0 heterocycles. The van der Waals surface area contributed by atoms with Gasteiger partial charge in [0.15, 0.2) is 0 Å². The fourth-order valence-electron chi connectivity index (χ4n) is 3.14. The van der Waals surface area contributed by atoms with Gasteiger partial charge in [-0.25, -0.2) is 0 Å². The standard InChI is InChI=1S/C18H29N/c1-5-12-19-17-15(10-11-18(2,3)4)13-14-8-6-7-9-16(14)17/h6-9,15,17,19H,5,10-13H2,1-4H3. The van der Waals surface area contributed by atoms with Crippen LogP contribution in [0.5, 0.6) is 0 Å². The van der Waals surface area contributed by atoms with Crippen LogP contribution in [0.3, 0.4) is 0 Å². The molecule has 2 unspecified atom stereocenters. The van der Waals surface area contributed by atoms with Gasteiger partial charge in [0.25, 0.3) is 0 Å². The minimum atomic E-state index is 0.448. The molecule has 2 atom stereocenters. The van der Waals surface area contributed by atoms with Crippen molar-refractivity contribution in [2.75, 3.05) is 6.54 Å². The molecule has 1 aromatic rings. The molecular weight excluding hydrogens is 230 g/mol. The molecule has 0 aromatic heterocycles. The lowest BCUT2D eigenvalue weighted by Crippen LogP contribution is -2.26. The molecule has 0 spiro atoms. The molecule has 106 valence electrons. The van der Waals surface area contributed by atoms with Gasteiger partial charge in [0.2, 0.25) is 0 Å². The molecule has 1 aromatic carbocycles. The Morgan fingerprint density at radius 3 is 2.63 bits per heavy atom. The SMILES string of the molecule is CCCNC1c2ccccc2CC1CCC(C)(C)C. The van der Waals surface area contributed by atoms with Gasteiger partial charge >= 0.3 is 0 Å². The van der Waals surface area contributed by atoms with Crippen molar-refractivity contribution in [2.24, 2.45) is 11.3 Å². The van der Waals surface area contributed by atoms with E-state index in [-0.39, 0.29) is 0 Å². The Morgan fingerprint density at radius 1 is 1.21 bits per heavy atom. The summed E-state index contributed by atoms with van der Waals surface area (Å²) in [6.45, 7) is 10.4. The van der Waals surface area contributed by atoms with Crippen LogP contribution in [-0.2, 0) is 6.42 Å². The highest BCUT2D eigenvalue weighted by atomic mass is 14.9. The van der Waals surface area contributed by atoms with Gasteiger partial charge in [0.1, 0.15) is 0 Å². The molecular formula is C18H29N. The van der Waals surface area contributed by atoms with Crippen molar-refractivity contribution >= 4 is 0 Å². The Labute approximate surface area is 118 Å². The molecule has 0 saturated carbocycles. The van der Waals surface area contributed by atoms with Crippen LogP contribution in [0.2, 0.25) is 0 Å². The van der Waals surface area contributed by atoms with Gasteiger partial charge in [-0.2, -0.15) is 0 Å². The van der Waals surface area contributed by atoms with Crippen molar-refractivity contribution in [3.05, 3.63) is 35.4 Å². The van der Waals surface area contributed by atoms with Crippen molar-refractivity contribution in [1.82, 2.24) is 5.32 Å². The number of fused-ring (bicyclic) bond motifs is 1. The molecule has 0 radical (unpaired) electrons. The maximum absolute atomic E-state index is 3.77. The van der Waals surface area contributed by atoms with Gasteiger partial charge in [-0.15, -0.1) is 0 Å². The number of hydrogen-bond donors (Lipinski definition) is 1. The van der Waals surface area contributed by atoms with Crippen molar-refractivity contribution in [1.29, 1.82) is 0 Å².